The van der Waals surface area contributed by atoms with Crippen molar-refractivity contribution in [2.45, 2.75) is 34.6 Å². The zero-order valence-electron chi connectivity index (χ0n) is 18.7. The molecule has 0 saturated heterocycles. The second kappa shape index (κ2) is 8.68. The molecule has 1 amide bonds. The lowest BCUT2D eigenvalue weighted by Gasteiger charge is -2.18. The van der Waals surface area contributed by atoms with Crippen molar-refractivity contribution < 1.29 is 4.79 Å². The van der Waals surface area contributed by atoms with Crippen LogP contribution in [0, 0.1) is 34.6 Å². The summed E-state index contributed by atoms with van der Waals surface area (Å²) in [5.74, 6) is -0.172. The number of aryl methyl sites for hydroxylation is 3. The van der Waals surface area contributed by atoms with Gasteiger partial charge in [-0.2, -0.15) is 0 Å². The number of nitrogens with zero attached hydrogens (tertiary/aromatic N) is 1. The van der Waals surface area contributed by atoms with Gasteiger partial charge in [0.1, 0.15) is 0 Å². The van der Waals surface area contributed by atoms with Gasteiger partial charge in [-0.1, -0.05) is 53.1 Å². The quantitative estimate of drug-likeness (QED) is 0.304. The molecule has 162 valence electrons. The van der Waals surface area contributed by atoms with Crippen LogP contribution in [0.1, 0.15) is 38.2 Å². The number of carbonyl (C=O) groups is 1. The molecule has 0 atom stereocenters. The summed E-state index contributed by atoms with van der Waals surface area (Å²) >= 11 is 9.83. The summed E-state index contributed by atoms with van der Waals surface area (Å²) in [4.78, 5) is 18.7. The Morgan fingerprint density at radius 3 is 2.28 bits per heavy atom. The van der Waals surface area contributed by atoms with E-state index in [1.54, 1.807) is 0 Å². The van der Waals surface area contributed by atoms with Gasteiger partial charge in [-0.25, -0.2) is 4.98 Å². The molecule has 0 aliphatic heterocycles. The van der Waals surface area contributed by atoms with E-state index in [-0.39, 0.29) is 5.91 Å². The van der Waals surface area contributed by atoms with Gasteiger partial charge in [0.2, 0.25) is 0 Å². The number of halogens is 2. The lowest BCUT2D eigenvalue weighted by atomic mass is 9.94. The molecule has 1 N–H and O–H groups in total. The molecule has 3 nitrogen and oxygen atoms in total. The Kier molecular flexibility index (Phi) is 6.11. The monoisotopic (exact) mass is 506 g/mol. The Bertz CT molecular complexity index is 1380. The van der Waals surface area contributed by atoms with Gasteiger partial charge >= 0.3 is 0 Å². The van der Waals surface area contributed by atoms with Gasteiger partial charge in [0, 0.05) is 21.1 Å². The van der Waals surface area contributed by atoms with E-state index in [1.165, 1.54) is 5.56 Å². The Balaban J connectivity index is 1.94. The van der Waals surface area contributed by atoms with Crippen molar-refractivity contribution in [2.24, 2.45) is 0 Å². The summed E-state index contributed by atoms with van der Waals surface area (Å²) in [6.45, 7) is 10.00. The fraction of sp³-hybridized carbons (Fsp3) is 0.185. The van der Waals surface area contributed by atoms with Crippen molar-refractivity contribution in [1.82, 2.24) is 4.98 Å². The molecule has 4 rings (SSSR count). The predicted octanol–water partition coefficient (Wildman–Crippen LogP) is 8.11. The van der Waals surface area contributed by atoms with Crippen LogP contribution in [0.5, 0.6) is 0 Å². The summed E-state index contributed by atoms with van der Waals surface area (Å²) in [5, 5.41) is 4.53. The average molecular weight is 508 g/mol. The van der Waals surface area contributed by atoms with E-state index >= 15 is 0 Å². The highest BCUT2D eigenvalue weighted by Crippen LogP contribution is 2.34. The summed E-state index contributed by atoms with van der Waals surface area (Å²) < 4.78 is 0.799. The second-order valence-electron chi connectivity index (χ2n) is 8.29. The third kappa shape index (κ3) is 4.05. The molecule has 0 unspecified atom stereocenters. The third-order valence-corrected chi connectivity index (χ3v) is 7.18. The minimum atomic E-state index is -0.172. The Morgan fingerprint density at radius 2 is 1.59 bits per heavy atom. The summed E-state index contributed by atoms with van der Waals surface area (Å²) in [6.07, 6.45) is 0. The van der Waals surface area contributed by atoms with E-state index in [0.717, 1.165) is 48.9 Å². The first kappa shape index (κ1) is 22.5. The Labute approximate surface area is 202 Å². The van der Waals surface area contributed by atoms with Crippen LogP contribution in [0.2, 0.25) is 5.02 Å². The van der Waals surface area contributed by atoms with Crippen LogP contribution in [0.4, 0.5) is 5.69 Å². The van der Waals surface area contributed by atoms with Crippen molar-refractivity contribution >= 4 is 50.0 Å². The number of fused-ring (bicyclic) bond motifs is 1. The number of hydrogen-bond donors (Lipinski definition) is 1. The second-order valence-corrected chi connectivity index (χ2v) is 9.52. The number of carbonyl (C=O) groups excluding carboxylic acids is 1. The van der Waals surface area contributed by atoms with Gasteiger partial charge in [0.05, 0.1) is 21.8 Å². The van der Waals surface area contributed by atoms with Gasteiger partial charge in [0.25, 0.3) is 5.91 Å². The van der Waals surface area contributed by atoms with Crippen LogP contribution in [-0.4, -0.2) is 10.9 Å². The topological polar surface area (TPSA) is 42.0 Å². The van der Waals surface area contributed by atoms with Crippen LogP contribution in [0.25, 0.3) is 22.2 Å². The molecule has 3 aromatic carbocycles. The number of benzene rings is 3. The number of nitrogens with one attached hydrogen (secondary N) is 1. The van der Waals surface area contributed by atoms with Crippen LogP contribution < -0.4 is 5.32 Å². The highest BCUT2D eigenvalue weighted by Gasteiger charge is 2.21. The fourth-order valence-electron chi connectivity index (χ4n) is 4.07. The van der Waals surface area contributed by atoms with Gasteiger partial charge in [-0.3, -0.25) is 4.79 Å². The highest BCUT2D eigenvalue weighted by molar-refractivity contribution is 9.10. The zero-order chi connectivity index (χ0) is 23.2. The van der Waals surface area contributed by atoms with Crippen molar-refractivity contribution in [3.8, 4) is 11.3 Å². The maximum absolute atomic E-state index is 13.7. The van der Waals surface area contributed by atoms with Crippen molar-refractivity contribution in [2.75, 3.05) is 5.32 Å². The highest BCUT2D eigenvalue weighted by atomic mass is 79.9. The first-order valence-corrected chi connectivity index (χ1v) is 11.6. The van der Waals surface area contributed by atoms with E-state index < -0.39 is 0 Å². The van der Waals surface area contributed by atoms with Gasteiger partial charge < -0.3 is 5.32 Å². The molecule has 0 fully saturated rings. The zero-order valence-corrected chi connectivity index (χ0v) is 21.1. The summed E-state index contributed by atoms with van der Waals surface area (Å²) in [7, 11) is 0. The predicted molar refractivity (Wildman–Crippen MR) is 138 cm³/mol. The average Bonchev–Trinajstić information content (AvgIpc) is 2.74. The Morgan fingerprint density at radius 1 is 0.906 bits per heavy atom. The summed E-state index contributed by atoms with van der Waals surface area (Å²) in [6, 6.07) is 16.1. The summed E-state index contributed by atoms with van der Waals surface area (Å²) in [5.41, 5.74) is 8.96. The minimum absolute atomic E-state index is 0.172. The van der Waals surface area contributed by atoms with Gasteiger partial charge in [-0.05, 0) is 85.4 Å². The van der Waals surface area contributed by atoms with E-state index in [2.05, 4.69) is 58.5 Å². The molecule has 0 aliphatic rings. The van der Waals surface area contributed by atoms with Crippen molar-refractivity contribution in [3.63, 3.8) is 0 Å². The smallest absolute Gasteiger partial charge is 0.256 e. The standard InChI is InChI=1S/C27H24BrClN2O/c1-14-6-8-19(9-7-14)26-18(5)23(20-13-15(2)12-16(3)25(20)31-26)27(32)30-22-11-10-21(28)24(29)17(22)4/h6-13H,1-5H3,(H,30,32). The molecular weight excluding hydrogens is 484 g/mol. The number of amides is 1. The number of hydrogen-bond acceptors (Lipinski definition) is 2. The van der Waals surface area contributed by atoms with Crippen LogP contribution in [-0.2, 0) is 0 Å². The van der Waals surface area contributed by atoms with E-state index in [9.17, 15) is 4.79 Å². The molecule has 0 spiro atoms. The molecule has 0 radical (unpaired) electrons. The van der Waals surface area contributed by atoms with E-state index in [0.29, 0.717) is 16.3 Å². The van der Waals surface area contributed by atoms with Crippen molar-refractivity contribution in [1.29, 1.82) is 0 Å². The number of anilines is 1. The van der Waals surface area contributed by atoms with Crippen LogP contribution in [0.3, 0.4) is 0 Å². The first-order chi connectivity index (χ1) is 15.2. The van der Waals surface area contributed by atoms with E-state index in [1.807, 2.05) is 45.9 Å². The lowest BCUT2D eigenvalue weighted by Crippen LogP contribution is -2.16. The molecular formula is C27H24BrClN2O. The van der Waals surface area contributed by atoms with Gasteiger partial charge in [0.15, 0.2) is 0 Å². The molecule has 0 bridgehead atoms. The largest absolute Gasteiger partial charge is 0.322 e. The maximum atomic E-state index is 13.7. The molecule has 0 aliphatic carbocycles. The SMILES string of the molecule is Cc1ccc(-c2nc3c(C)cc(C)cc3c(C(=O)Nc3ccc(Br)c(Cl)c3C)c2C)cc1. The molecule has 5 heteroatoms. The van der Waals surface area contributed by atoms with Crippen LogP contribution >= 0.6 is 27.5 Å². The normalized spacial score (nSPS) is 11.1. The third-order valence-electron chi connectivity index (χ3n) is 5.81. The van der Waals surface area contributed by atoms with Crippen molar-refractivity contribution in [3.05, 3.63) is 91.4 Å². The van der Waals surface area contributed by atoms with Gasteiger partial charge in [-0.15, -0.1) is 0 Å². The minimum Gasteiger partial charge on any atom is -0.322 e. The fourth-order valence-corrected chi connectivity index (χ4v) is 4.67. The lowest BCUT2D eigenvalue weighted by molar-refractivity contribution is 0.102. The first-order valence-electron chi connectivity index (χ1n) is 10.4. The number of rotatable bonds is 3. The molecule has 1 heterocycles. The molecule has 0 saturated carbocycles. The molecule has 32 heavy (non-hydrogen) atoms. The number of pyridine rings is 1. The maximum Gasteiger partial charge on any atom is 0.256 e. The van der Waals surface area contributed by atoms with Crippen LogP contribution in [0.15, 0.2) is 53.0 Å². The molecule has 4 aromatic rings. The Hall–Kier alpha value is -2.69. The molecule has 1 aromatic heterocycles. The number of aromatic nitrogens is 1. The van der Waals surface area contributed by atoms with E-state index in [4.69, 9.17) is 16.6 Å².